The van der Waals surface area contributed by atoms with E-state index in [4.69, 9.17) is 4.74 Å². The number of carbonyl (C=O) groups excluding carboxylic acids is 2. The Balaban J connectivity index is 1.61. The average Bonchev–Trinajstić information content (AvgIpc) is 3.03. The molecule has 0 aromatic heterocycles. The van der Waals surface area contributed by atoms with Gasteiger partial charge < -0.3 is 15.4 Å². The molecule has 1 aliphatic carbocycles. The Hall–Kier alpha value is -2.04. The van der Waals surface area contributed by atoms with Crippen LogP contribution < -0.4 is 15.4 Å². The lowest BCUT2D eigenvalue weighted by molar-refractivity contribution is -0.128. The van der Waals surface area contributed by atoms with Crippen LogP contribution in [0.3, 0.4) is 0 Å². The van der Waals surface area contributed by atoms with Crippen LogP contribution in [0.2, 0.25) is 0 Å². The standard InChI is InChI=1S/C18H26N2O3/c1-3-13(2)18(22)20-12-17(21)19-9-10-23-16-8-7-14-5-4-6-15(14)11-16/h7-8,11,13H,3-6,9-10,12H2,1-2H3,(H,19,21)(H,20,22)/t13-/m0/s1. The molecule has 0 radical (unpaired) electrons. The quantitative estimate of drug-likeness (QED) is 0.719. The van der Waals surface area contributed by atoms with Gasteiger partial charge in [0.2, 0.25) is 11.8 Å². The summed E-state index contributed by atoms with van der Waals surface area (Å²) in [5.74, 6) is 0.507. The van der Waals surface area contributed by atoms with E-state index in [1.54, 1.807) is 0 Å². The minimum atomic E-state index is -0.195. The first kappa shape index (κ1) is 17.3. The second-order valence-electron chi connectivity index (χ2n) is 6.01. The van der Waals surface area contributed by atoms with E-state index in [9.17, 15) is 9.59 Å². The number of rotatable bonds is 8. The van der Waals surface area contributed by atoms with Crippen LogP contribution in [0.25, 0.3) is 0 Å². The number of fused-ring (bicyclic) bond motifs is 1. The minimum absolute atomic E-state index is 0.0159. The van der Waals surface area contributed by atoms with Crippen molar-refractivity contribution in [2.45, 2.75) is 39.5 Å². The molecule has 0 aliphatic heterocycles. The fraction of sp³-hybridized carbons (Fsp3) is 0.556. The molecule has 1 aromatic rings. The van der Waals surface area contributed by atoms with Gasteiger partial charge in [0, 0.05) is 5.92 Å². The summed E-state index contributed by atoms with van der Waals surface area (Å²) < 4.78 is 5.66. The number of nitrogens with one attached hydrogen (secondary N) is 2. The highest BCUT2D eigenvalue weighted by molar-refractivity contribution is 5.85. The van der Waals surface area contributed by atoms with E-state index in [-0.39, 0.29) is 24.3 Å². The first-order valence-electron chi connectivity index (χ1n) is 8.39. The molecular weight excluding hydrogens is 292 g/mol. The largest absolute Gasteiger partial charge is 0.492 e. The predicted octanol–water partition coefficient (Wildman–Crippen LogP) is 1.83. The van der Waals surface area contributed by atoms with Crippen molar-refractivity contribution in [2.75, 3.05) is 19.7 Å². The third-order valence-corrected chi connectivity index (χ3v) is 4.25. The molecule has 0 spiro atoms. The van der Waals surface area contributed by atoms with Gasteiger partial charge in [0.05, 0.1) is 13.1 Å². The Morgan fingerprint density at radius 1 is 1.22 bits per heavy atom. The Morgan fingerprint density at radius 2 is 2.00 bits per heavy atom. The number of benzene rings is 1. The number of ether oxygens (including phenoxy) is 1. The minimum Gasteiger partial charge on any atom is -0.492 e. The van der Waals surface area contributed by atoms with Crippen molar-refractivity contribution in [1.82, 2.24) is 10.6 Å². The summed E-state index contributed by atoms with van der Waals surface area (Å²) in [4.78, 5) is 23.2. The molecule has 5 nitrogen and oxygen atoms in total. The highest BCUT2D eigenvalue weighted by Gasteiger charge is 2.12. The van der Waals surface area contributed by atoms with Gasteiger partial charge in [-0.1, -0.05) is 19.9 Å². The van der Waals surface area contributed by atoms with Crippen LogP contribution in [-0.4, -0.2) is 31.5 Å². The molecule has 2 rings (SSSR count). The fourth-order valence-electron chi connectivity index (χ4n) is 2.59. The summed E-state index contributed by atoms with van der Waals surface area (Å²) in [6.45, 7) is 4.65. The number of hydrogen-bond donors (Lipinski definition) is 2. The highest BCUT2D eigenvalue weighted by atomic mass is 16.5. The smallest absolute Gasteiger partial charge is 0.239 e. The Kier molecular flexibility index (Phi) is 6.44. The molecule has 5 heteroatoms. The third-order valence-electron chi connectivity index (χ3n) is 4.25. The van der Waals surface area contributed by atoms with Crippen molar-refractivity contribution in [3.05, 3.63) is 29.3 Å². The van der Waals surface area contributed by atoms with E-state index in [0.717, 1.165) is 25.0 Å². The molecule has 2 N–H and O–H groups in total. The molecule has 0 fully saturated rings. The first-order valence-corrected chi connectivity index (χ1v) is 8.39. The van der Waals surface area contributed by atoms with Crippen LogP contribution >= 0.6 is 0 Å². The van der Waals surface area contributed by atoms with Gasteiger partial charge in [-0.2, -0.15) is 0 Å². The topological polar surface area (TPSA) is 67.4 Å². The zero-order chi connectivity index (χ0) is 16.7. The van der Waals surface area contributed by atoms with E-state index in [1.165, 1.54) is 17.5 Å². The van der Waals surface area contributed by atoms with E-state index >= 15 is 0 Å². The summed E-state index contributed by atoms with van der Waals surface area (Å²) in [6.07, 6.45) is 4.27. The molecular formula is C18H26N2O3. The third kappa shape index (κ3) is 5.27. The van der Waals surface area contributed by atoms with Crippen LogP contribution in [-0.2, 0) is 22.4 Å². The molecule has 1 aliphatic rings. The number of carbonyl (C=O) groups is 2. The van der Waals surface area contributed by atoms with E-state index in [0.29, 0.717) is 13.2 Å². The number of hydrogen-bond acceptors (Lipinski definition) is 3. The summed E-state index contributed by atoms with van der Waals surface area (Å²) in [5, 5.41) is 5.37. The van der Waals surface area contributed by atoms with Crippen molar-refractivity contribution in [1.29, 1.82) is 0 Å². The molecule has 2 amide bonds. The van der Waals surface area contributed by atoms with Crippen molar-refractivity contribution >= 4 is 11.8 Å². The maximum atomic E-state index is 11.6. The van der Waals surface area contributed by atoms with Gasteiger partial charge in [0.1, 0.15) is 12.4 Å². The Labute approximate surface area is 137 Å². The predicted molar refractivity (Wildman–Crippen MR) is 89.4 cm³/mol. The van der Waals surface area contributed by atoms with E-state index < -0.39 is 0 Å². The molecule has 0 saturated carbocycles. The number of amides is 2. The molecule has 1 aromatic carbocycles. The van der Waals surface area contributed by atoms with Gasteiger partial charge in [-0.15, -0.1) is 0 Å². The van der Waals surface area contributed by atoms with Crippen molar-refractivity contribution in [3.63, 3.8) is 0 Å². The summed E-state index contributed by atoms with van der Waals surface area (Å²) in [5.41, 5.74) is 2.79. The SMILES string of the molecule is CC[C@H](C)C(=O)NCC(=O)NCCOc1ccc2c(c1)CCC2. The molecule has 1 atom stereocenters. The molecule has 0 bridgehead atoms. The summed E-state index contributed by atoms with van der Waals surface area (Å²) in [7, 11) is 0. The lowest BCUT2D eigenvalue weighted by Crippen LogP contribution is -2.40. The highest BCUT2D eigenvalue weighted by Crippen LogP contribution is 2.25. The van der Waals surface area contributed by atoms with Crippen LogP contribution in [0.4, 0.5) is 0 Å². The lowest BCUT2D eigenvalue weighted by atomic mass is 10.1. The average molecular weight is 318 g/mol. The first-order chi connectivity index (χ1) is 11.1. The Morgan fingerprint density at radius 3 is 2.78 bits per heavy atom. The van der Waals surface area contributed by atoms with Crippen molar-refractivity contribution in [2.24, 2.45) is 5.92 Å². The van der Waals surface area contributed by atoms with Crippen molar-refractivity contribution in [3.8, 4) is 5.75 Å². The molecule has 126 valence electrons. The van der Waals surface area contributed by atoms with Crippen LogP contribution in [0.1, 0.15) is 37.8 Å². The summed E-state index contributed by atoms with van der Waals surface area (Å²) >= 11 is 0. The molecule has 23 heavy (non-hydrogen) atoms. The van der Waals surface area contributed by atoms with Crippen LogP contribution in [0, 0.1) is 5.92 Å². The lowest BCUT2D eigenvalue weighted by Gasteiger charge is -2.11. The van der Waals surface area contributed by atoms with Crippen LogP contribution in [0.15, 0.2) is 18.2 Å². The maximum absolute atomic E-state index is 11.6. The van der Waals surface area contributed by atoms with E-state index in [1.807, 2.05) is 19.9 Å². The summed E-state index contributed by atoms with van der Waals surface area (Å²) in [6, 6.07) is 6.20. The second kappa shape index (κ2) is 8.56. The van der Waals surface area contributed by atoms with E-state index in [2.05, 4.69) is 22.8 Å². The van der Waals surface area contributed by atoms with Crippen molar-refractivity contribution < 1.29 is 14.3 Å². The van der Waals surface area contributed by atoms with Gasteiger partial charge in [0.25, 0.3) is 0 Å². The number of aryl methyl sites for hydroxylation is 2. The molecule has 0 saturated heterocycles. The fourth-order valence-corrected chi connectivity index (χ4v) is 2.59. The van der Waals surface area contributed by atoms with Gasteiger partial charge in [-0.3, -0.25) is 9.59 Å². The zero-order valence-corrected chi connectivity index (χ0v) is 14.0. The molecule has 0 unspecified atom stereocenters. The van der Waals surface area contributed by atoms with Crippen LogP contribution in [0.5, 0.6) is 5.75 Å². The van der Waals surface area contributed by atoms with Gasteiger partial charge in [-0.05, 0) is 48.9 Å². The second-order valence-corrected chi connectivity index (χ2v) is 6.01. The molecule has 0 heterocycles. The van der Waals surface area contributed by atoms with Gasteiger partial charge in [-0.25, -0.2) is 0 Å². The maximum Gasteiger partial charge on any atom is 0.239 e. The Bertz CT molecular complexity index is 557. The normalized spacial score (nSPS) is 14.0. The van der Waals surface area contributed by atoms with Gasteiger partial charge in [0.15, 0.2) is 0 Å². The zero-order valence-electron chi connectivity index (χ0n) is 14.0. The monoisotopic (exact) mass is 318 g/mol. The van der Waals surface area contributed by atoms with Gasteiger partial charge >= 0.3 is 0 Å².